The summed E-state index contributed by atoms with van der Waals surface area (Å²) in [5.74, 6) is 1.79. The Morgan fingerprint density at radius 2 is 1.11 bits per heavy atom. The van der Waals surface area contributed by atoms with Crippen LogP contribution >= 0.6 is 11.3 Å². The van der Waals surface area contributed by atoms with Gasteiger partial charge in [0.2, 0.25) is 0 Å². The Balaban J connectivity index is 1.13. The van der Waals surface area contributed by atoms with Gasteiger partial charge in [-0.25, -0.2) is 15.0 Å². The van der Waals surface area contributed by atoms with E-state index in [-0.39, 0.29) is 0 Å². The van der Waals surface area contributed by atoms with Gasteiger partial charge in [0.25, 0.3) is 0 Å². The van der Waals surface area contributed by atoms with Crippen LogP contribution < -0.4 is 0 Å². The molecule has 4 aromatic heterocycles. The summed E-state index contributed by atoms with van der Waals surface area (Å²) < 4.78 is 11.7. The fourth-order valence-electron chi connectivity index (χ4n) is 8.29. The molecule has 0 saturated heterocycles. The van der Waals surface area contributed by atoms with Gasteiger partial charge in [-0.2, -0.15) is 0 Å². The molecule has 0 amide bonds. The zero-order chi connectivity index (χ0) is 36.0. The zero-order valence-corrected chi connectivity index (χ0v) is 30.1. The molecule has 0 unspecified atom stereocenters. The summed E-state index contributed by atoms with van der Waals surface area (Å²) in [6.07, 6.45) is 0. The number of nitrogens with zero attached hydrogens (tertiary/aromatic N) is 4. The number of fused-ring (bicyclic) bond motifs is 10. The summed E-state index contributed by atoms with van der Waals surface area (Å²) in [6.45, 7) is 0. The van der Waals surface area contributed by atoms with Gasteiger partial charge in [0.15, 0.2) is 17.5 Å². The van der Waals surface area contributed by atoms with Gasteiger partial charge in [-0.05, 0) is 59.3 Å². The first-order valence-electron chi connectivity index (χ1n) is 18.4. The third kappa shape index (κ3) is 4.62. The van der Waals surface area contributed by atoms with Crippen molar-refractivity contribution in [3.63, 3.8) is 0 Å². The Bertz CT molecular complexity index is 3500. The summed E-state index contributed by atoms with van der Waals surface area (Å²) in [7, 11) is 0. The number of benzene rings is 8. The first-order valence-corrected chi connectivity index (χ1v) is 19.2. The van der Waals surface area contributed by atoms with Crippen molar-refractivity contribution in [3.8, 4) is 39.9 Å². The summed E-state index contributed by atoms with van der Waals surface area (Å²) in [6, 6.07) is 59.7. The van der Waals surface area contributed by atoms with Crippen molar-refractivity contribution >= 4 is 86.0 Å². The van der Waals surface area contributed by atoms with Gasteiger partial charge in [0.1, 0.15) is 11.2 Å². The quantitative estimate of drug-likeness (QED) is 0.182. The Kier molecular flexibility index (Phi) is 6.44. The smallest absolute Gasteiger partial charge is 0.167 e. The third-order valence-electron chi connectivity index (χ3n) is 10.8. The van der Waals surface area contributed by atoms with Crippen molar-refractivity contribution in [2.24, 2.45) is 0 Å². The molecule has 0 aliphatic heterocycles. The second kappa shape index (κ2) is 11.7. The Morgan fingerprint density at radius 3 is 1.98 bits per heavy atom. The molecule has 12 rings (SSSR count). The molecule has 256 valence electrons. The Hall–Kier alpha value is -7.15. The lowest BCUT2D eigenvalue weighted by molar-refractivity contribution is 0.669. The van der Waals surface area contributed by atoms with Crippen LogP contribution in [-0.2, 0) is 0 Å². The van der Waals surface area contributed by atoms with Crippen LogP contribution in [-0.4, -0.2) is 19.5 Å². The lowest BCUT2D eigenvalue weighted by Crippen LogP contribution is -2.01. The number of hydrogen-bond donors (Lipinski definition) is 0. The van der Waals surface area contributed by atoms with Crippen LogP contribution in [0.1, 0.15) is 0 Å². The summed E-state index contributed by atoms with van der Waals surface area (Å²) in [5.41, 5.74) is 7.54. The van der Waals surface area contributed by atoms with E-state index in [4.69, 9.17) is 19.4 Å². The van der Waals surface area contributed by atoms with Gasteiger partial charge in [-0.15, -0.1) is 11.3 Å². The third-order valence-corrected chi connectivity index (χ3v) is 12.0. The van der Waals surface area contributed by atoms with E-state index in [0.717, 1.165) is 55.3 Å². The van der Waals surface area contributed by atoms with Crippen LogP contribution in [0.5, 0.6) is 0 Å². The van der Waals surface area contributed by atoms with Crippen LogP contribution in [0, 0.1) is 0 Å². The van der Waals surface area contributed by atoms with E-state index in [2.05, 4.69) is 132 Å². The van der Waals surface area contributed by atoms with E-state index in [0.29, 0.717) is 17.5 Å². The molecule has 0 saturated carbocycles. The molecule has 6 heteroatoms. The van der Waals surface area contributed by atoms with Crippen LogP contribution in [0.15, 0.2) is 174 Å². The maximum Gasteiger partial charge on any atom is 0.167 e. The van der Waals surface area contributed by atoms with E-state index < -0.39 is 0 Å². The number of hydrogen-bond acceptors (Lipinski definition) is 5. The first-order chi connectivity index (χ1) is 27.2. The molecule has 0 radical (unpaired) electrons. The Labute approximate surface area is 318 Å². The summed E-state index contributed by atoms with van der Waals surface area (Å²) in [4.78, 5) is 15.5. The lowest BCUT2D eigenvalue weighted by atomic mass is 10.0. The van der Waals surface area contributed by atoms with E-state index in [1.165, 1.54) is 41.7 Å². The van der Waals surface area contributed by atoms with Crippen molar-refractivity contribution in [1.29, 1.82) is 0 Å². The molecule has 0 fully saturated rings. The highest BCUT2D eigenvalue weighted by Crippen LogP contribution is 2.43. The molecular weight excluding hydrogens is 693 g/mol. The van der Waals surface area contributed by atoms with E-state index in [1.54, 1.807) is 11.3 Å². The topological polar surface area (TPSA) is 56.7 Å². The SMILES string of the molecule is c1ccc(-c2nc(-c3ccc4c(c3)sc3ccccc34)nc(-c3ccc(-n4c5ccccc5c5cc6ccccc6cc54)c4c3oc3ccccc34)n2)cc1. The zero-order valence-electron chi connectivity index (χ0n) is 29.3. The molecule has 12 aromatic rings. The number of aromatic nitrogens is 4. The monoisotopic (exact) mass is 720 g/mol. The predicted molar refractivity (Wildman–Crippen MR) is 228 cm³/mol. The number of furan rings is 1. The fourth-order valence-corrected chi connectivity index (χ4v) is 9.44. The standard InChI is InChI=1S/C49H28N4OS/c1-2-12-29(13-3-1)47-50-48(32-22-23-35-34-17-8-11-21-43(34)55-44(35)28-32)52-49(51-47)37-24-25-40(45-36-18-7-10-20-42(36)54-46(37)45)53-39-19-9-6-16-33(39)38-26-30-14-4-5-15-31(30)27-41(38)53/h1-28H. The molecule has 5 nitrogen and oxygen atoms in total. The number of rotatable bonds is 4. The molecule has 0 aliphatic carbocycles. The van der Waals surface area contributed by atoms with Crippen molar-refractivity contribution in [1.82, 2.24) is 19.5 Å². The second-order valence-corrected chi connectivity index (χ2v) is 15.1. The summed E-state index contributed by atoms with van der Waals surface area (Å²) >= 11 is 1.79. The molecule has 4 heterocycles. The average Bonchev–Trinajstić information content (AvgIpc) is 3.92. The fraction of sp³-hybridized carbons (Fsp3) is 0. The maximum atomic E-state index is 6.84. The van der Waals surface area contributed by atoms with Gasteiger partial charge < -0.3 is 8.98 Å². The molecule has 8 aromatic carbocycles. The highest BCUT2D eigenvalue weighted by atomic mass is 32.1. The van der Waals surface area contributed by atoms with Gasteiger partial charge >= 0.3 is 0 Å². The van der Waals surface area contributed by atoms with Gasteiger partial charge in [0.05, 0.1) is 27.7 Å². The van der Waals surface area contributed by atoms with Crippen molar-refractivity contribution in [3.05, 3.63) is 170 Å². The van der Waals surface area contributed by atoms with E-state index in [1.807, 2.05) is 42.5 Å². The van der Waals surface area contributed by atoms with Crippen molar-refractivity contribution in [2.75, 3.05) is 0 Å². The number of thiophene rings is 1. The van der Waals surface area contributed by atoms with Crippen LogP contribution in [0.25, 0.3) is 115 Å². The minimum Gasteiger partial charge on any atom is -0.455 e. The average molecular weight is 721 g/mol. The lowest BCUT2D eigenvalue weighted by Gasteiger charge is -2.13. The van der Waals surface area contributed by atoms with Crippen LogP contribution in [0.4, 0.5) is 0 Å². The summed E-state index contributed by atoms with van der Waals surface area (Å²) in [5, 5.41) is 9.39. The van der Waals surface area contributed by atoms with Crippen LogP contribution in [0.3, 0.4) is 0 Å². The molecule has 0 aliphatic rings. The minimum atomic E-state index is 0.559. The van der Waals surface area contributed by atoms with E-state index >= 15 is 0 Å². The van der Waals surface area contributed by atoms with E-state index in [9.17, 15) is 0 Å². The second-order valence-electron chi connectivity index (χ2n) is 14.0. The molecule has 0 bridgehead atoms. The molecule has 0 N–H and O–H groups in total. The number of para-hydroxylation sites is 2. The van der Waals surface area contributed by atoms with Gasteiger partial charge in [-0.1, -0.05) is 121 Å². The Morgan fingerprint density at radius 1 is 0.436 bits per heavy atom. The largest absolute Gasteiger partial charge is 0.455 e. The van der Waals surface area contributed by atoms with Gasteiger partial charge in [-0.3, -0.25) is 0 Å². The highest BCUT2D eigenvalue weighted by molar-refractivity contribution is 7.25. The maximum absolute atomic E-state index is 6.84. The minimum absolute atomic E-state index is 0.559. The molecule has 55 heavy (non-hydrogen) atoms. The van der Waals surface area contributed by atoms with Crippen molar-refractivity contribution < 1.29 is 4.42 Å². The van der Waals surface area contributed by atoms with Crippen molar-refractivity contribution in [2.45, 2.75) is 0 Å². The molecular formula is C49H28N4OS. The predicted octanol–water partition coefficient (Wildman–Crippen LogP) is 13.4. The van der Waals surface area contributed by atoms with Gasteiger partial charge in [0, 0.05) is 47.5 Å². The normalized spacial score (nSPS) is 12.0. The molecule has 0 atom stereocenters. The first kappa shape index (κ1) is 30.3. The van der Waals surface area contributed by atoms with Crippen LogP contribution in [0.2, 0.25) is 0 Å². The highest BCUT2D eigenvalue weighted by Gasteiger charge is 2.23. The molecule has 0 spiro atoms.